The van der Waals surface area contributed by atoms with Crippen molar-refractivity contribution >= 4 is 64.2 Å². The number of halogens is 3. The van der Waals surface area contributed by atoms with Crippen LogP contribution in [-0.4, -0.2) is 24.3 Å². The van der Waals surface area contributed by atoms with Gasteiger partial charge >= 0.3 is 5.97 Å². The summed E-state index contributed by atoms with van der Waals surface area (Å²) in [6, 6.07) is 17.9. The molecule has 3 rings (SSSR count). The summed E-state index contributed by atoms with van der Waals surface area (Å²) in [6.45, 7) is -0.543. The summed E-state index contributed by atoms with van der Waals surface area (Å²) in [6.07, 6.45) is 2.60. The van der Waals surface area contributed by atoms with Crippen LogP contribution in [0.4, 0.5) is 5.69 Å². The quantitative estimate of drug-likeness (QED) is 0.249. The second kappa shape index (κ2) is 11.0. The standard InChI is InChI=1S/C24H16Cl3NO4/c25-17-9-10-21(19(12-17)24(31)16-4-2-1-3-5-16)28-22(29)14-32-23(30)11-7-15-6-8-18(26)13-20(15)27/h1-13H,14H2,(H,28,29). The molecule has 0 unspecified atom stereocenters. The molecule has 0 atom stereocenters. The zero-order valence-corrected chi connectivity index (χ0v) is 18.7. The minimum absolute atomic E-state index is 0.223. The van der Waals surface area contributed by atoms with E-state index < -0.39 is 18.5 Å². The fraction of sp³-hybridized carbons (Fsp3) is 0.0417. The number of carbonyl (C=O) groups excluding carboxylic acids is 3. The Balaban J connectivity index is 1.63. The summed E-state index contributed by atoms with van der Waals surface area (Å²) < 4.78 is 4.95. The predicted octanol–water partition coefficient (Wildman–Crippen LogP) is 6.07. The van der Waals surface area contributed by atoms with Crippen molar-refractivity contribution in [2.75, 3.05) is 11.9 Å². The van der Waals surface area contributed by atoms with Gasteiger partial charge in [-0.2, -0.15) is 0 Å². The first-order chi connectivity index (χ1) is 15.3. The van der Waals surface area contributed by atoms with Gasteiger partial charge in [0.05, 0.1) is 5.69 Å². The van der Waals surface area contributed by atoms with E-state index in [-0.39, 0.29) is 17.0 Å². The monoisotopic (exact) mass is 487 g/mol. The summed E-state index contributed by atoms with van der Waals surface area (Å²) in [5.74, 6) is -1.65. The first kappa shape index (κ1) is 23.5. The smallest absolute Gasteiger partial charge is 0.331 e. The van der Waals surface area contributed by atoms with Gasteiger partial charge in [-0.15, -0.1) is 0 Å². The molecule has 0 heterocycles. The third kappa shape index (κ3) is 6.44. The highest BCUT2D eigenvalue weighted by atomic mass is 35.5. The van der Waals surface area contributed by atoms with Crippen LogP contribution in [0.3, 0.4) is 0 Å². The van der Waals surface area contributed by atoms with E-state index in [0.717, 1.165) is 6.08 Å². The number of anilines is 1. The molecule has 8 heteroatoms. The van der Waals surface area contributed by atoms with Crippen molar-refractivity contribution in [3.05, 3.63) is 105 Å². The fourth-order valence-corrected chi connectivity index (χ4v) is 3.37. The number of rotatable bonds is 7. The summed E-state index contributed by atoms with van der Waals surface area (Å²) >= 11 is 17.9. The van der Waals surface area contributed by atoms with Gasteiger partial charge in [-0.05, 0) is 42.0 Å². The SMILES string of the molecule is O=C(COC(=O)C=Cc1ccc(Cl)cc1Cl)Nc1ccc(Cl)cc1C(=O)c1ccccc1. The molecule has 0 aliphatic rings. The highest BCUT2D eigenvalue weighted by Gasteiger charge is 2.16. The van der Waals surface area contributed by atoms with Crippen LogP contribution in [0.25, 0.3) is 6.08 Å². The Kier molecular flexibility index (Phi) is 8.06. The highest BCUT2D eigenvalue weighted by molar-refractivity contribution is 6.35. The molecule has 1 amide bonds. The topological polar surface area (TPSA) is 72.5 Å². The molecule has 162 valence electrons. The van der Waals surface area contributed by atoms with Gasteiger partial charge in [0.1, 0.15) is 0 Å². The molecule has 0 spiro atoms. The van der Waals surface area contributed by atoms with Gasteiger partial charge in [0, 0.05) is 32.3 Å². The van der Waals surface area contributed by atoms with Crippen molar-refractivity contribution in [2.24, 2.45) is 0 Å². The molecule has 0 saturated carbocycles. The van der Waals surface area contributed by atoms with Crippen LogP contribution in [0.5, 0.6) is 0 Å². The number of ether oxygens (including phenoxy) is 1. The maximum atomic E-state index is 12.8. The lowest BCUT2D eigenvalue weighted by atomic mass is 10.0. The Morgan fingerprint density at radius 1 is 0.875 bits per heavy atom. The normalized spacial score (nSPS) is 10.7. The number of ketones is 1. The highest BCUT2D eigenvalue weighted by Crippen LogP contribution is 2.24. The molecular formula is C24H16Cl3NO4. The Labute approximate surface area is 199 Å². The molecule has 0 fully saturated rings. The van der Waals surface area contributed by atoms with Crippen LogP contribution in [-0.2, 0) is 14.3 Å². The van der Waals surface area contributed by atoms with E-state index in [1.165, 1.54) is 18.2 Å². The van der Waals surface area contributed by atoms with E-state index >= 15 is 0 Å². The number of benzene rings is 3. The van der Waals surface area contributed by atoms with Crippen molar-refractivity contribution < 1.29 is 19.1 Å². The van der Waals surface area contributed by atoms with Gasteiger partial charge in [-0.1, -0.05) is 71.2 Å². The number of nitrogens with one attached hydrogen (secondary N) is 1. The van der Waals surface area contributed by atoms with Crippen molar-refractivity contribution in [3.8, 4) is 0 Å². The Morgan fingerprint density at radius 2 is 1.56 bits per heavy atom. The van der Waals surface area contributed by atoms with Gasteiger partial charge in [0.15, 0.2) is 12.4 Å². The number of amides is 1. The van der Waals surface area contributed by atoms with Gasteiger partial charge < -0.3 is 10.1 Å². The van der Waals surface area contributed by atoms with E-state index in [2.05, 4.69) is 5.32 Å². The molecule has 32 heavy (non-hydrogen) atoms. The molecule has 0 aromatic heterocycles. The van der Waals surface area contributed by atoms with Crippen LogP contribution >= 0.6 is 34.8 Å². The van der Waals surface area contributed by atoms with E-state index in [1.807, 2.05) is 0 Å². The molecule has 0 aliphatic carbocycles. The average molecular weight is 489 g/mol. The third-order valence-electron chi connectivity index (χ3n) is 4.24. The maximum Gasteiger partial charge on any atom is 0.331 e. The number of esters is 1. The van der Waals surface area contributed by atoms with E-state index in [4.69, 9.17) is 39.5 Å². The predicted molar refractivity (Wildman–Crippen MR) is 126 cm³/mol. The van der Waals surface area contributed by atoms with Gasteiger partial charge in [0.2, 0.25) is 0 Å². The minimum Gasteiger partial charge on any atom is -0.452 e. The van der Waals surface area contributed by atoms with Crippen LogP contribution in [0.15, 0.2) is 72.8 Å². The largest absolute Gasteiger partial charge is 0.452 e. The third-order valence-corrected chi connectivity index (χ3v) is 5.04. The Morgan fingerprint density at radius 3 is 2.28 bits per heavy atom. The Bertz CT molecular complexity index is 1190. The lowest BCUT2D eigenvalue weighted by Gasteiger charge is -2.11. The molecule has 3 aromatic rings. The van der Waals surface area contributed by atoms with Gasteiger partial charge in [-0.25, -0.2) is 4.79 Å². The molecule has 0 aliphatic heterocycles. The van der Waals surface area contributed by atoms with Gasteiger partial charge in [0.25, 0.3) is 5.91 Å². The van der Waals surface area contributed by atoms with Crippen LogP contribution in [0.1, 0.15) is 21.5 Å². The van der Waals surface area contributed by atoms with Crippen molar-refractivity contribution in [3.63, 3.8) is 0 Å². The van der Waals surface area contributed by atoms with Crippen LogP contribution < -0.4 is 5.32 Å². The van der Waals surface area contributed by atoms with E-state index in [0.29, 0.717) is 26.2 Å². The maximum absolute atomic E-state index is 12.8. The first-order valence-corrected chi connectivity index (χ1v) is 10.5. The second-order valence-electron chi connectivity index (χ2n) is 6.54. The molecule has 0 saturated heterocycles. The second-order valence-corrected chi connectivity index (χ2v) is 7.82. The number of hydrogen-bond donors (Lipinski definition) is 1. The van der Waals surface area contributed by atoms with Gasteiger partial charge in [-0.3, -0.25) is 9.59 Å². The summed E-state index contributed by atoms with van der Waals surface area (Å²) in [7, 11) is 0. The lowest BCUT2D eigenvalue weighted by molar-refractivity contribution is -0.142. The summed E-state index contributed by atoms with van der Waals surface area (Å²) in [4.78, 5) is 37.0. The van der Waals surface area contributed by atoms with Crippen molar-refractivity contribution in [1.29, 1.82) is 0 Å². The summed E-state index contributed by atoms with van der Waals surface area (Å²) in [5, 5.41) is 3.77. The molecule has 0 radical (unpaired) electrons. The van der Waals surface area contributed by atoms with Crippen LogP contribution in [0.2, 0.25) is 15.1 Å². The molecular weight excluding hydrogens is 473 g/mol. The Hall–Kier alpha value is -3.12. The van der Waals surface area contributed by atoms with E-state index in [9.17, 15) is 14.4 Å². The molecule has 3 aromatic carbocycles. The molecule has 5 nitrogen and oxygen atoms in total. The zero-order chi connectivity index (χ0) is 23.1. The molecule has 1 N–H and O–H groups in total. The fourth-order valence-electron chi connectivity index (χ4n) is 2.72. The number of carbonyl (C=O) groups is 3. The van der Waals surface area contributed by atoms with Crippen LogP contribution in [0, 0.1) is 0 Å². The van der Waals surface area contributed by atoms with Crippen molar-refractivity contribution in [1.82, 2.24) is 0 Å². The van der Waals surface area contributed by atoms with Crippen molar-refractivity contribution in [2.45, 2.75) is 0 Å². The average Bonchev–Trinajstić information content (AvgIpc) is 2.78. The zero-order valence-electron chi connectivity index (χ0n) is 16.5. The first-order valence-electron chi connectivity index (χ1n) is 9.32. The number of hydrogen-bond acceptors (Lipinski definition) is 4. The molecule has 0 bridgehead atoms. The lowest BCUT2D eigenvalue weighted by Crippen LogP contribution is -2.21. The van der Waals surface area contributed by atoms with E-state index in [1.54, 1.807) is 54.6 Å². The minimum atomic E-state index is -0.733. The summed E-state index contributed by atoms with van der Waals surface area (Å²) in [5.41, 5.74) is 1.50.